The van der Waals surface area contributed by atoms with E-state index in [1.165, 1.54) is 7.11 Å². The molecule has 5 heteroatoms. The van der Waals surface area contributed by atoms with Crippen LogP contribution in [0.1, 0.15) is 25.8 Å². The van der Waals surface area contributed by atoms with Gasteiger partial charge in [0.1, 0.15) is 11.5 Å². The van der Waals surface area contributed by atoms with Crippen LogP contribution in [0.3, 0.4) is 0 Å². The number of ether oxygens (including phenoxy) is 3. The van der Waals surface area contributed by atoms with Crippen molar-refractivity contribution in [2.45, 2.75) is 32.0 Å². The highest BCUT2D eigenvalue weighted by molar-refractivity contribution is 5.97. The highest BCUT2D eigenvalue weighted by Gasteiger charge is 2.46. The summed E-state index contributed by atoms with van der Waals surface area (Å²) in [4.78, 5) is 12.0. The molecule has 124 valence electrons. The number of hydrogen-bond donors (Lipinski definition) is 1. The molecule has 1 aliphatic rings. The minimum Gasteiger partial charge on any atom is -0.497 e. The van der Waals surface area contributed by atoms with E-state index in [0.717, 1.165) is 5.56 Å². The van der Waals surface area contributed by atoms with Gasteiger partial charge in [0.25, 0.3) is 0 Å². The zero-order valence-electron chi connectivity index (χ0n) is 13.8. The predicted octanol–water partition coefficient (Wildman–Crippen LogP) is 3.26. The van der Waals surface area contributed by atoms with Gasteiger partial charge in [0.2, 0.25) is 0 Å². The van der Waals surface area contributed by atoms with Crippen molar-refractivity contribution in [3.05, 3.63) is 47.7 Å². The van der Waals surface area contributed by atoms with Gasteiger partial charge in [0.05, 0.1) is 13.2 Å². The van der Waals surface area contributed by atoms with E-state index in [-0.39, 0.29) is 12.5 Å². The third-order valence-corrected chi connectivity index (χ3v) is 3.76. The van der Waals surface area contributed by atoms with Crippen molar-refractivity contribution in [2.75, 3.05) is 14.2 Å². The average molecular weight is 318 g/mol. The van der Waals surface area contributed by atoms with Crippen LogP contribution < -0.4 is 4.74 Å². The Morgan fingerprint density at radius 2 is 1.87 bits per heavy atom. The number of aliphatic carboxylic acids is 1. The molecule has 1 aliphatic carbocycles. The molecule has 0 saturated heterocycles. The molecular formula is C18H22O5. The maximum Gasteiger partial charge on any atom is 0.341 e. The first-order valence-electron chi connectivity index (χ1n) is 7.45. The molecule has 1 unspecified atom stereocenters. The molecular weight excluding hydrogens is 296 g/mol. The van der Waals surface area contributed by atoms with Gasteiger partial charge in [-0.05, 0) is 37.6 Å². The van der Waals surface area contributed by atoms with Crippen molar-refractivity contribution in [3.63, 3.8) is 0 Å². The van der Waals surface area contributed by atoms with Crippen molar-refractivity contribution < 1.29 is 24.1 Å². The van der Waals surface area contributed by atoms with Crippen LogP contribution in [-0.4, -0.2) is 37.0 Å². The van der Waals surface area contributed by atoms with E-state index >= 15 is 0 Å². The Morgan fingerprint density at radius 3 is 2.35 bits per heavy atom. The monoisotopic (exact) mass is 318 g/mol. The molecule has 23 heavy (non-hydrogen) atoms. The first-order valence-corrected chi connectivity index (χ1v) is 7.45. The van der Waals surface area contributed by atoms with Crippen LogP contribution in [0.15, 0.2) is 42.2 Å². The van der Waals surface area contributed by atoms with Gasteiger partial charge in [-0.1, -0.05) is 18.2 Å². The SMILES string of the molecule is COc1ccc(C2=C(OC(C)C)C=CCC2(OC)C(=O)O)cc1. The number of benzene rings is 1. The lowest BCUT2D eigenvalue weighted by atomic mass is 9.81. The van der Waals surface area contributed by atoms with Crippen LogP contribution in [0.2, 0.25) is 0 Å². The first kappa shape index (κ1) is 17.1. The minimum atomic E-state index is -1.46. The molecule has 0 bridgehead atoms. The lowest BCUT2D eigenvalue weighted by Gasteiger charge is -2.34. The second-order valence-corrected chi connectivity index (χ2v) is 5.58. The third kappa shape index (κ3) is 3.24. The molecule has 1 aromatic carbocycles. The first-order chi connectivity index (χ1) is 10.9. The zero-order chi connectivity index (χ0) is 17.0. The highest BCUT2D eigenvalue weighted by Crippen LogP contribution is 2.41. The number of allylic oxidation sites excluding steroid dienone is 1. The molecule has 0 radical (unpaired) electrons. The summed E-state index contributed by atoms with van der Waals surface area (Å²) in [7, 11) is 2.99. The van der Waals surface area contributed by atoms with Gasteiger partial charge in [-0.3, -0.25) is 0 Å². The summed E-state index contributed by atoms with van der Waals surface area (Å²) in [6.07, 6.45) is 3.73. The van der Waals surface area contributed by atoms with Crippen LogP contribution in [0.5, 0.6) is 5.75 Å². The van der Waals surface area contributed by atoms with Crippen molar-refractivity contribution in [2.24, 2.45) is 0 Å². The van der Waals surface area contributed by atoms with Crippen LogP contribution in [0.4, 0.5) is 0 Å². The Bertz CT molecular complexity index is 627. The normalized spacial score (nSPS) is 20.7. The Balaban J connectivity index is 2.64. The maximum absolute atomic E-state index is 12.0. The quantitative estimate of drug-likeness (QED) is 0.872. The smallest absolute Gasteiger partial charge is 0.341 e. The topological polar surface area (TPSA) is 65.0 Å². The van der Waals surface area contributed by atoms with Gasteiger partial charge < -0.3 is 19.3 Å². The lowest BCUT2D eigenvalue weighted by molar-refractivity contribution is -0.155. The van der Waals surface area contributed by atoms with E-state index in [0.29, 0.717) is 17.1 Å². The average Bonchev–Trinajstić information content (AvgIpc) is 2.54. The van der Waals surface area contributed by atoms with Crippen LogP contribution in [0.25, 0.3) is 5.57 Å². The van der Waals surface area contributed by atoms with Crippen molar-refractivity contribution in [1.29, 1.82) is 0 Å². The molecule has 5 nitrogen and oxygen atoms in total. The molecule has 0 heterocycles. The maximum atomic E-state index is 12.0. The molecule has 0 fully saturated rings. The van der Waals surface area contributed by atoms with Gasteiger partial charge in [0, 0.05) is 19.1 Å². The standard InChI is InChI=1S/C18H22O5/c1-12(2)23-15-6-5-11-18(22-4,17(19)20)16(15)13-7-9-14(21-3)10-8-13/h5-10,12H,11H2,1-4H3,(H,19,20). The largest absolute Gasteiger partial charge is 0.497 e. The second kappa shape index (κ2) is 6.87. The summed E-state index contributed by atoms with van der Waals surface area (Å²) >= 11 is 0. The molecule has 1 N–H and O–H groups in total. The summed E-state index contributed by atoms with van der Waals surface area (Å²) in [5.74, 6) is 0.172. The van der Waals surface area contributed by atoms with Crippen molar-refractivity contribution in [1.82, 2.24) is 0 Å². The molecule has 0 spiro atoms. The summed E-state index contributed by atoms with van der Waals surface area (Å²) in [5, 5.41) is 9.80. The van der Waals surface area contributed by atoms with Crippen LogP contribution in [0, 0.1) is 0 Å². The lowest BCUT2D eigenvalue weighted by Crippen LogP contribution is -2.43. The number of rotatable bonds is 6. The van der Waals surface area contributed by atoms with E-state index in [4.69, 9.17) is 14.2 Å². The van der Waals surface area contributed by atoms with E-state index in [1.807, 2.05) is 26.0 Å². The number of carboxylic acids is 1. The van der Waals surface area contributed by atoms with Gasteiger partial charge in [0.15, 0.2) is 5.60 Å². The van der Waals surface area contributed by atoms with E-state index in [9.17, 15) is 9.90 Å². The van der Waals surface area contributed by atoms with E-state index in [1.54, 1.807) is 31.4 Å². The Labute approximate surface area is 136 Å². The van der Waals surface area contributed by atoms with Crippen LogP contribution in [-0.2, 0) is 14.3 Å². The number of carboxylic acid groups (broad SMARTS) is 1. The third-order valence-electron chi connectivity index (χ3n) is 3.76. The highest BCUT2D eigenvalue weighted by atomic mass is 16.5. The summed E-state index contributed by atoms with van der Waals surface area (Å²) in [6, 6.07) is 7.20. The van der Waals surface area contributed by atoms with E-state index in [2.05, 4.69) is 0 Å². The molecule has 0 amide bonds. The minimum absolute atomic E-state index is 0.0793. The fourth-order valence-electron chi connectivity index (χ4n) is 2.67. The molecule has 0 aromatic heterocycles. The zero-order valence-corrected chi connectivity index (χ0v) is 13.8. The van der Waals surface area contributed by atoms with Gasteiger partial charge in [-0.2, -0.15) is 0 Å². The predicted molar refractivity (Wildman–Crippen MR) is 87.3 cm³/mol. The molecule has 0 aliphatic heterocycles. The van der Waals surface area contributed by atoms with Crippen LogP contribution >= 0.6 is 0 Å². The van der Waals surface area contributed by atoms with E-state index < -0.39 is 11.6 Å². The Kier molecular flexibility index (Phi) is 5.11. The second-order valence-electron chi connectivity index (χ2n) is 5.58. The van der Waals surface area contributed by atoms with Crippen molar-refractivity contribution >= 4 is 11.5 Å². The molecule has 2 rings (SSSR count). The fraction of sp³-hybridized carbons (Fsp3) is 0.389. The molecule has 1 atom stereocenters. The number of methoxy groups -OCH3 is 2. The summed E-state index contributed by atoms with van der Waals surface area (Å²) < 4.78 is 16.5. The number of hydrogen-bond acceptors (Lipinski definition) is 4. The molecule has 0 saturated carbocycles. The Hall–Kier alpha value is -2.27. The fourth-order valence-corrected chi connectivity index (χ4v) is 2.67. The van der Waals surface area contributed by atoms with Gasteiger partial charge in [-0.15, -0.1) is 0 Å². The summed E-state index contributed by atoms with van der Waals surface area (Å²) in [5.41, 5.74) is -0.213. The number of carbonyl (C=O) groups is 1. The van der Waals surface area contributed by atoms with Gasteiger partial charge in [-0.25, -0.2) is 4.79 Å². The summed E-state index contributed by atoms with van der Waals surface area (Å²) in [6.45, 7) is 3.80. The Morgan fingerprint density at radius 1 is 1.22 bits per heavy atom. The van der Waals surface area contributed by atoms with Gasteiger partial charge >= 0.3 is 5.97 Å². The van der Waals surface area contributed by atoms with Crippen molar-refractivity contribution in [3.8, 4) is 5.75 Å². The molecule has 1 aromatic rings.